The first kappa shape index (κ1) is 18.0. The van der Waals surface area contributed by atoms with Crippen LogP contribution in [-0.2, 0) is 0 Å². The molecule has 3 rings (SSSR count). The van der Waals surface area contributed by atoms with Crippen molar-refractivity contribution in [3.05, 3.63) is 48.0 Å². The molecule has 1 aliphatic rings. The Morgan fingerprint density at radius 2 is 1.77 bits per heavy atom. The Bertz CT molecular complexity index is 804. The van der Waals surface area contributed by atoms with Gasteiger partial charge in [0.25, 0.3) is 5.91 Å². The van der Waals surface area contributed by atoms with Gasteiger partial charge in [0, 0.05) is 30.0 Å². The number of fused-ring (bicyclic) bond motifs is 1. The van der Waals surface area contributed by atoms with E-state index in [0.717, 1.165) is 24.5 Å². The number of carbonyl (C=O) groups is 1. The maximum absolute atomic E-state index is 12.3. The summed E-state index contributed by atoms with van der Waals surface area (Å²) >= 11 is 5.23. The summed E-state index contributed by atoms with van der Waals surface area (Å²) in [5.74, 6) is 0.889. The van der Waals surface area contributed by atoms with Gasteiger partial charge in [-0.1, -0.05) is 0 Å². The molecule has 0 aromatic heterocycles. The molecule has 0 fully saturated rings. The molecule has 26 heavy (non-hydrogen) atoms. The van der Waals surface area contributed by atoms with Crippen LogP contribution < -0.4 is 25.0 Å². The monoisotopic (exact) mass is 371 g/mol. The molecule has 1 amide bonds. The van der Waals surface area contributed by atoms with E-state index in [1.54, 1.807) is 18.2 Å². The molecule has 2 aromatic carbocycles. The third kappa shape index (κ3) is 4.05. The maximum Gasteiger partial charge on any atom is 0.257 e. The zero-order valence-electron chi connectivity index (χ0n) is 14.7. The van der Waals surface area contributed by atoms with Crippen LogP contribution in [-0.4, -0.2) is 30.9 Å². The number of anilines is 2. The molecular formula is C19H21N3O3S. The lowest BCUT2D eigenvalue weighted by Crippen LogP contribution is -2.34. The van der Waals surface area contributed by atoms with Crippen LogP contribution in [0.5, 0.6) is 11.5 Å². The molecule has 0 spiro atoms. The molecule has 0 aliphatic carbocycles. The van der Waals surface area contributed by atoms with Crippen LogP contribution in [0.4, 0.5) is 11.4 Å². The lowest BCUT2D eigenvalue weighted by molar-refractivity contribution is 0.0977. The van der Waals surface area contributed by atoms with Crippen molar-refractivity contribution in [3.63, 3.8) is 0 Å². The van der Waals surface area contributed by atoms with Crippen molar-refractivity contribution in [2.75, 3.05) is 30.1 Å². The third-order valence-corrected chi connectivity index (χ3v) is 4.32. The molecule has 136 valence electrons. The van der Waals surface area contributed by atoms with E-state index < -0.39 is 0 Å². The Kier molecular flexibility index (Phi) is 5.58. The Hall–Kier alpha value is -2.80. The van der Waals surface area contributed by atoms with Gasteiger partial charge in [0.15, 0.2) is 16.6 Å². The minimum absolute atomic E-state index is 0.170. The fourth-order valence-corrected chi connectivity index (χ4v) is 2.93. The molecule has 2 N–H and O–H groups in total. The van der Waals surface area contributed by atoms with Crippen LogP contribution in [0.2, 0.25) is 0 Å². The molecule has 0 saturated heterocycles. The summed E-state index contributed by atoms with van der Waals surface area (Å²) < 4.78 is 10.5. The Morgan fingerprint density at radius 3 is 2.46 bits per heavy atom. The van der Waals surface area contributed by atoms with Crippen molar-refractivity contribution in [3.8, 4) is 11.5 Å². The van der Waals surface area contributed by atoms with Crippen molar-refractivity contribution in [2.45, 2.75) is 13.8 Å². The van der Waals surface area contributed by atoms with E-state index in [-0.39, 0.29) is 17.8 Å². The fourth-order valence-electron chi connectivity index (χ4n) is 2.72. The number of benzene rings is 2. The van der Waals surface area contributed by atoms with Gasteiger partial charge in [0.2, 0.25) is 6.79 Å². The molecule has 0 radical (unpaired) electrons. The molecule has 2 aromatic rings. The first-order chi connectivity index (χ1) is 12.6. The van der Waals surface area contributed by atoms with E-state index >= 15 is 0 Å². The van der Waals surface area contributed by atoms with Crippen molar-refractivity contribution >= 4 is 34.6 Å². The van der Waals surface area contributed by atoms with Gasteiger partial charge < -0.3 is 19.7 Å². The Labute approximate surface area is 158 Å². The highest BCUT2D eigenvalue weighted by Gasteiger charge is 2.16. The van der Waals surface area contributed by atoms with Crippen LogP contribution >= 0.6 is 12.2 Å². The van der Waals surface area contributed by atoms with Crippen LogP contribution in [0.25, 0.3) is 0 Å². The summed E-state index contributed by atoms with van der Waals surface area (Å²) in [6, 6.07) is 12.9. The van der Waals surface area contributed by atoms with E-state index in [1.165, 1.54) is 0 Å². The predicted octanol–water partition coefficient (Wildman–Crippen LogP) is 3.39. The molecule has 0 atom stereocenters. The quantitative estimate of drug-likeness (QED) is 0.786. The molecule has 6 nitrogen and oxygen atoms in total. The van der Waals surface area contributed by atoms with Gasteiger partial charge in [-0.3, -0.25) is 10.1 Å². The van der Waals surface area contributed by atoms with E-state index in [2.05, 4.69) is 29.4 Å². The highest BCUT2D eigenvalue weighted by molar-refractivity contribution is 7.80. The lowest BCUT2D eigenvalue weighted by atomic mass is 10.2. The summed E-state index contributed by atoms with van der Waals surface area (Å²) in [6.07, 6.45) is 0. The highest BCUT2D eigenvalue weighted by Crippen LogP contribution is 2.32. The summed E-state index contributed by atoms with van der Waals surface area (Å²) in [5, 5.41) is 5.93. The van der Waals surface area contributed by atoms with Gasteiger partial charge in [0.1, 0.15) is 0 Å². The van der Waals surface area contributed by atoms with E-state index in [9.17, 15) is 4.79 Å². The number of carbonyl (C=O) groups excluding carboxylic acids is 1. The Morgan fingerprint density at radius 1 is 1.08 bits per heavy atom. The van der Waals surface area contributed by atoms with Gasteiger partial charge in [-0.2, -0.15) is 0 Å². The summed E-state index contributed by atoms with van der Waals surface area (Å²) in [7, 11) is 0. The highest BCUT2D eigenvalue weighted by atomic mass is 32.1. The minimum atomic E-state index is -0.305. The standard InChI is InChI=1S/C19H21N3O3S/c1-3-22(4-2)15-8-6-14(7-9-15)20-19(26)21-18(23)13-5-10-16-17(11-13)25-12-24-16/h5-11H,3-4,12H2,1-2H3,(H2,20,21,23,26). The zero-order chi connectivity index (χ0) is 18.5. The number of nitrogens with zero attached hydrogens (tertiary/aromatic N) is 1. The molecule has 0 unspecified atom stereocenters. The smallest absolute Gasteiger partial charge is 0.257 e. The van der Waals surface area contributed by atoms with E-state index in [1.807, 2.05) is 24.3 Å². The molecular weight excluding hydrogens is 350 g/mol. The molecule has 0 saturated carbocycles. The SMILES string of the molecule is CCN(CC)c1ccc(NC(=S)NC(=O)c2ccc3c(c2)OCO3)cc1. The lowest BCUT2D eigenvalue weighted by Gasteiger charge is -2.21. The number of hydrogen-bond acceptors (Lipinski definition) is 5. The normalized spacial score (nSPS) is 11.8. The largest absolute Gasteiger partial charge is 0.454 e. The predicted molar refractivity (Wildman–Crippen MR) is 106 cm³/mol. The van der Waals surface area contributed by atoms with Crippen LogP contribution in [0.1, 0.15) is 24.2 Å². The van der Waals surface area contributed by atoms with Gasteiger partial charge >= 0.3 is 0 Å². The Balaban J connectivity index is 1.59. The van der Waals surface area contributed by atoms with Crippen molar-refractivity contribution in [1.82, 2.24) is 5.32 Å². The molecule has 1 aliphatic heterocycles. The fraction of sp³-hybridized carbons (Fsp3) is 0.263. The van der Waals surface area contributed by atoms with Crippen molar-refractivity contribution in [2.24, 2.45) is 0 Å². The second kappa shape index (κ2) is 8.05. The van der Waals surface area contributed by atoms with Gasteiger partial charge in [0.05, 0.1) is 0 Å². The van der Waals surface area contributed by atoms with E-state index in [0.29, 0.717) is 17.1 Å². The van der Waals surface area contributed by atoms with Crippen LogP contribution in [0.15, 0.2) is 42.5 Å². The number of ether oxygens (including phenoxy) is 2. The zero-order valence-corrected chi connectivity index (χ0v) is 15.6. The van der Waals surface area contributed by atoms with Crippen LogP contribution in [0, 0.1) is 0 Å². The summed E-state index contributed by atoms with van der Waals surface area (Å²) in [5.41, 5.74) is 2.42. The topological polar surface area (TPSA) is 62.8 Å². The second-order valence-corrected chi connectivity index (χ2v) is 6.10. The molecule has 7 heteroatoms. The number of rotatable bonds is 5. The molecule has 0 bridgehead atoms. The van der Waals surface area contributed by atoms with Crippen molar-refractivity contribution < 1.29 is 14.3 Å². The third-order valence-electron chi connectivity index (χ3n) is 4.12. The average Bonchev–Trinajstić information content (AvgIpc) is 3.11. The van der Waals surface area contributed by atoms with Crippen LogP contribution in [0.3, 0.4) is 0 Å². The number of amides is 1. The van der Waals surface area contributed by atoms with Gasteiger partial charge in [-0.25, -0.2) is 0 Å². The second-order valence-electron chi connectivity index (χ2n) is 5.70. The molecule has 1 heterocycles. The maximum atomic E-state index is 12.3. The summed E-state index contributed by atoms with van der Waals surface area (Å²) in [6.45, 7) is 6.32. The van der Waals surface area contributed by atoms with E-state index in [4.69, 9.17) is 21.7 Å². The average molecular weight is 371 g/mol. The number of hydrogen-bond donors (Lipinski definition) is 2. The minimum Gasteiger partial charge on any atom is -0.454 e. The van der Waals surface area contributed by atoms with Crippen molar-refractivity contribution in [1.29, 1.82) is 0 Å². The van der Waals surface area contributed by atoms with Gasteiger partial charge in [-0.05, 0) is 68.5 Å². The number of nitrogens with one attached hydrogen (secondary N) is 2. The first-order valence-corrected chi connectivity index (χ1v) is 8.88. The van der Waals surface area contributed by atoms with Gasteiger partial charge in [-0.15, -0.1) is 0 Å². The first-order valence-electron chi connectivity index (χ1n) is 8.47. The summed E-state index contributed by atoms with van der Waals surface area (Å²) in [4.78, 5) is 14.6. The number of thiocarbonyl (C=S) groups is 1.